The number of aliphatic hydroxyl groups excluding tert-OH is 1. The molecular weight excluding hydrogens is 763 g/mol. The first-order chi connectivity index (χ1) is 30.0. The van der Waals surface area contributed by atoms with Crippen LogP contribution in [0.15, 0.2) is 0 Å². The number of ether oxygens (including phenoxy) is 3. The lowest BCUT2D eigenvalue weighted by molar-refractivity contribution is -0.145. The molecule has 0 amide bonds. The Morgan fingerprint density at radius 1 is 0.328 bits per heavy atom. The molecule has 0 bridgehead atoms. The van der Waals surface area contributed by atoms with E-state index in [0.717, 1.165) is 84.6 Å². The predicted octanol–water partition coefficient (Wildman–Crippen LogP) is 12.6. The molecule has 0 aromatic rings. The van der Waals surface area contributed by atoms with E-state index in [1.54, 1.807) is 0 Å². The van der Waals surface area contributed by atoms with Crippen LogP contribution >= 0.6 is 0 Å². The average molecular weight is 868 g/mol. The third-order valence-corrected chi connectivity index (χ3v) is 12.2. The van der Waals surface area contributed by atoms with Gasteiger partial charge in [-0.25, -0.2) is 0 Å². The van der Waals surface area contributed by atoms with E-state index in [9.17, 15) is 9.59 Å². The highest BCUT2D eigenvalue weighted by Crippen LogP contribution is 2.13. The van der Waals surface area contributed by atoms with Crippen molar-refractivity contribution < 1.29 is 28.9 Å². The van der Waals surface area contributed by atoms with Gasteiger partial charge in [-0.15, -0.1) is 0 Å². The number of esters is 2. The van der Waals surface area contributed by atoms with Gasteiger partial charge in [0.1, 0.15) is 13.2 Å². The van der Waals surface area contributed by atoms with Gasteiger partial charge in [-0.3, -0.25) is 19.4 Å². The van der Waals surface area contributed by atoms with Crippen LogP contribution in [0.1, 0.15) is 233 Å². The molecule has 61 heavy (non-hydrogen) atoms. The van der Waals surface area contributed by atoms with Gasteiger partial charge in [-0.1, -0.05) is 169 Å². The van der Waals surface area contributed by atoms with Crippen molar-refractivity contribution in [2.24, 2.45) is 0 Å². The molecule has 0 atom stereocenters. The molecule has 1 N–H and O–H groups in total. The zero-order chi connectivity index (χ0) is 44.5. The first-order valence-corrected chi connectivity index (χ1v) is 26.7. The SMILES string of the molecule is CCCCCCN(CCCCCC)CCOC(=O)CCCCCCCCCN(CCCCCCCCCC(=O)OCCN(CCCCCC)CCCCCC)CCOCCO. The van der Waals surface area contributed by atoms with E-state index in [-0.39, 0.29) is 18.5 Å². The highest BCUT2D eigenvalue weighted by Gasteiger charge is 2.10. The van der Waals surface area contributed by atoms with E-state index in [4.69, 9.17) is 19.3 Å². The zero-order valence-corrected chi connectivity index (χ0v) is 41.4. The summed E-state index contributed by atoms with van der Waals surface area (Å²) < 4.78 is 16.9. The van der Waals surface area contributed by atoms with Crippen LogP contribution in [0.2, 0.25) is 0 Å². The van der Waals surface area contributed by atoms with E-state index < -0.39 is 0 Å². The Labute approximate surface area is 379 Å². The lowest BCUT2D eigenvalue weighted by atomic mass is 10.1. The van der Waals surface area contributed by atoms with Crippen molar-refractivity contribution in [3.63, 3.8) is 0 Å². The smallest absolute Gasteiger partial charge is 0.305 e. The van der Waals surface area contributed by atoms with E-state index in [2.05, 4.69) is 42.4 Å². The molecule has 0 aliphatic carbocycles. The fourth-order valence-corrected chi connectivity index (χ4v) is 8.11. The van der Waals surface area contributed by atoms with Gasteiger partial charge in [0.05, 0.1) is 19.8 Å². The molecule has 0 aromatic carbocycles. The van der Waals surface area contributed by atoms with Gasteiger partial charge in [0.2, 0.25) is 0 Å². The maximum absolute atomic E-state index is 12.4. The largest absolute Gasteiger partial charge is 0.464 e. The molecular formula is C52H105N3O6. The molecule has 0 aliphatic rings. The van der Waals surface area contributed by atoms with Crippen LogP contribution in [0.25, 0.3) is 0 Å². The third-order valence-electron chi connectivity index (χ3n) is 12.2. The van der Waals surface area contributed by atoms with Crippen LogP contribution in [0.3, 0.4) is 0 Å². The minimum Gasteiger partial charge on any atom is -0.464 e. The van der Waals surface area contributed by atoms with Gasteiger partial charge in [-0.05, 0) is 90.6 Å². The maximum atomic E-state index is 12.4. The van der Waals surface area contributed by atoms with Gasteiger partial charge in [-0.2, -0.15) is 0 Å². The van der Waals surface area contributed by atoms with Crippen molar-refractivity contribution >= 4 is 11.9 Å². The number of rotatable bonds is 51. The number of hydrogen-bond donors (Lipinski definition) is 1. The summed E-state index contributed by atoms with van der Waals surface area (Å²) in [5, 5.41) is 9.11. The number of carbonyl (C=O) groups excluding carboxylic acids is 2. The summed E-state index contributed by atoms with van der Waals surface area (Å²) in [5.74, 6) is -0.0501. The summed E-state index contributed by atoms with van der Waals surface area (Å²) in [6.45, 7) is 20.7. The molecule has 0 aliphatic heterocycles. The maximum Gasteiger partial charge on any atom is 0.305 e. The fraction of sp³-hybridized carbons (Fsp3) is 0.962. The van der Waals surface area contributed by atoms with Crippen LogP contribution in [-0.2, 0) is 23.8 Å². The van der Waals surface area contributed by atoms with Crippen molar-refractivity contribution in [1.29, 1.82) is 0 Å². The lowest BCUT2D eigenvalue weighted by Crippen LogP contribution is -2.30. The highest BCUT2D eigenvalue weighted by atomic mass is 16.5. The normalized spacial score (nSPS) is 11.7. The number of hydrogen-bond acceptors (Lipinski definition) is 9. The summed E-state index contributed by atoms with van der Waals surface area (Å²) in [4.78, 5) is 32.3. The molecule has 0 aromatic heterocycles. The van der Waals surface area contributed by atoms with E-state index in [1.807, 2.05) is 0 Å². The Bertz CT molecular complexity index is 807. The molecule has 0 rings (SSSR count). The van der Waals surface area contributed by atoms with Gasteiger partial charge >= 0.3 is 11.9 Å². The minimum atomic E-state index is -0.0251. The molecule has 364 valence electrons. The van der Waals surface area contributed by atoms with E-state index in [0.29, 0.717) is 39.3 Å². The summed E-state index contributed by atoms with van der Waals surface area (Å²) >= 11 is 0. The number of nitrogens with zero attached hydrogens (tertiary/aromatic N) is 3. The third kappa shape index (κ3) is 45.1. The lowest BCUT2D eigenvalue weighted by Gasteiger charge is -2.22. The summed E-state index contributed by atoms with van der Waals surface area (Å²) in [5.41, 5.74) is 0. The second-order valence-electron chi connectivity index (χ2n) is 18.0. The minimum absolute atomic E-state index is 0.0251. The second-order valence-corrected chi connectivity index (χ2v) is 18.0. The Balaban J connectivity index is 4.06. The molecule has 0 spiro atoms. The first-order valence-electron chi connectivity index (χ1n) is 26.7. The Kier molecular flexibility index (Phi) is 48.7. The van der Waals surface area contributed by atoms with E-state index in [1.165, 1.54) is 167 Å². The van der Waals surface area contributed by atoms with Crippen LogP contribution in [-0.4, -0.2) is 124 Å². The Morgan fingerprint density at radius 2 is 0.590 bits per heavy atom. The number of aliphatic hydroxyl groups is 1. The first kappa shape index (κ1) is 59.7. The molecule has 9 heteroatoms. The van der Waals surface area contributed by atoms with Gasteiger partial charge in [0, 0.05) is 32.5 Å². The molecule has 0 unspecified atom stereocenters. The Morgan fingerprint density at radius 3 is 0.885 bits per heavy atom. The van der Waals surface area contributed by atoms with Crippen LogP contribution in [0.4, 0.5) is 0 Å². The van der Waals surface area contributed by atoms with Crippen molar-refractivity contribution in [1.82, 2.24) is 14.7 Å². The van der Waals surface area contributed by atoms with Crippen molar-refractivity contribution in [2.75, 3.05) is 91.9 Å². The number of carbonyl (C=O) groups is 2. The average Bonchev–Trinajstić information content (AvgIpc) is 3.26. The molecule has 0 saturated carbocycles. The summed E-state index contributed by atoms with van der Waals surface area (Å²) in [6, 6.07) is 0. The standard InChI is InChI=1S/C52H105N3O6/c1-5-9-13-29-37-54(38-30-14-10-6-2)44-48-60-51(57)35-27-23-19-17-21-25-33-41-53(43-47-59-50-46-56)42-34-26-22-18-20-24-28-36-52(58)61-49-45-55(39-31-15-11-7-3)40-32-16-12-8-4/h56H,5-50H2,1-4H3. The van der Waals surface area contributed by atoms with Crippen molar-refractivity contribution in [3.05, 3.63) is 0 Å². The van der Waals surface area contributed by atoms with Crippen LogP contribution < -0.4 is 0 Å². The van der Waals surface area contributed by atoms with Crippen LogP contribution in [0, 0.1) is 0 Å². The van der Waals surface area contributed by atoms with Gasteiger partial charge in [0.15, 0.2) is 0 Å². The highest BCUT2D eigenvalue weighted by molar-refractivity contribution is 5.69. The molecule has 0 fully saturated rings. The fourth-order valence-electron chi connectivity index (χ4n) is 8.11. The topological polar surface area (TPSA) is 91.8 Å². The quantitative estimate of drug-likeness (QED) is 0.0474. The molecule has 0 heterocycles. The molecule has 9 nitrogen and oxygen atoms in total. The number of unbranched alkanes of at least 4 members (excludes halogenated alkanes) is 24. The molecule has 0 radical (unpaired) electrons. The van der Waals surface area contributed by atoms with Crippen LogP contribution in [0.5, 0.6) is 0 Å². The monoisotopic (exact) mass is 868 g/mol. The zero-order valence-electron chi connectivity index (χ0n) is 41.4. The van der Waals surface area contributed by atoms with Crippen molar-refractivity contribution in [2.45, 2.75) is 233 Å². The molecule has 0 saturated heterocycles. The van der Waals surface area contributed by atoms with Gasteiger partial charge in [0.25, 0.3) is 0 Å². The van der Waals surface area contributed by atoms with Crippen molar-refractivity contribution in [3.8, 4) is 0 Å². The second kappa shape index (κ2) is 49.8. The summed E-state index contributed by atoms with van der Waals surface area (Å²) in [7, 11) is 0. The predicted molar refractivity (Wildman–Crippen MR) is 260 cm³/mol. The summed E-state index contributed by atoms with van der Waals surface area (Å²) in [6.07, 6.45) is 37.9. The van der Waals surface area contributed by atoms with Gasteiger partial charge < -0.3 is 24.2 Å². The van der Waals surface area contributed by atoms with E-state index >= 15 is 0 Å². The Hall–Kier alpha value is -1.26.